The Morgan fingerprint density at radius 1 is 1.40 bits per heavy atom. The summed E-state index contributed by atoms with van der Waals surface area (Å²) in [5.74, 6) is -0.904. The highest BCUT2D eigenvalue weighted by molar-refractivity contribution is 5.87. The molecular formula is C14H14FNO4. The summed E-state index contributed by atoms with van der Waals surface area (Å²) in [5, 5.41) is 0. The number of methoxy groups -OCH3 is 2. The second-order valence-corrected chi connectivity index (χ2v) is 4.18. The van der Waals surface area contributed by atoms with Crippen LogP contribution in [-0.4, -0.2) is 25.2 Å². The van der Waals surface area contributed by atoms with Crippen molar-refractivity contribution in [3.05, 3.63) is 41.0 Å². The number of carbonyl (C=O) groups is 1. The molecule has 0 spiro atoms. The van der Waals surface area contributed by atoms with Crippen LogP contribution in [0.25, 0.3) is 11.5 Å². The van der Waals surface area contributed by atoms with E-state index in [1.54, 1.807) is 19.1 Å². The summed E-state index contributed by atoms with van der Waals surface area (Å²) in [6, 6.07) is 4.59. The van der Waals surface area contributed by atoms with Crippen molar-refractivity contribution in [3.8, 4) is 11.5 Å². The topological polar surface area (TPSA) is 61.6 Å². The summed E-state index contributed by atoms with van der Waals surface area (Å²) in [5.41, 5.74) is 1.28. The zero-order valence-electron chi connectivity index (χ0n) is 11.4. The Labute approximate surface area is 115 Å². The van der Waals surface area contributed by atoms with E-state index in [9.17, 15) is 9.18 Å². The minimum atomic E-state index is -0.650. The van der Waals surface area contributed by atoms with Crippen LogP contribution in [-0.2, 0) is 16.1 Å². The van der Waals surface area contributed by atoms with Crippen molar-refractivity contribution in [3.63, 3.8) is 0 Å². The molecule has 0 bridgehead atoms. The molecule has 0 radical (unpaired) electrons. The lowest BCUT2D eigenvalue weighted by atomic mass is 10.1. The Balaban J connectivity index is 2.46. The predicted molar refractivity (Wildman–Crippen MR) is 68.7 cm³/mol. The van der Waals surface area contributed by atoms with E-state index in [1.807, 2.05) is 0 Å². The monoisotopic (exact) mass is 279 g/mol. The van der Waals surface area contributed by atoms with Gasteiger partial charge in [0.05, 0.1) is 13.7 Å². The number of carbonyl (C=O) groups excluding carboxylic acids is 1. The number of benzene rings is 1. The van der Waals surface area contributed by atoms with Crippen molar-refractivity contribution in [1.82, 2.24) is 4.98 Å². The van der Waals surface area contributed by atoms with Crippen LogP contribution in [0.2, 0.25) is 0 Å². The Hall–Kier alpha value is -2.21. The summed E-state index contributed by atoms with van der Waals surface area (Å²) >= 11 is 0. The van der Waals surface area contributed by atoms with E-state index >= 15 is 0 Å². The molecule has 0 amide bonds. The highest BCUT2D eigenvalue weighted by atomic mass is 19.1. The maximum absolute atomic E-state index is 13.6. The smallest absolute Gasteiger partial charge is 0.376 e. The van der Waals surface area contributed by atoms with E-state index in [1.165, 1.54) is 20.3 Å². The van der Waals surface area contributed by atoms with Gasteiger partial charge in [-0.05, 0) is 24.6 Å². The second-order valence-electron chi connectivity index (χ2n) is 4.18. The molecule has 0 unspecified atom stereocenters. The Morgan fingerprint density at radius 2 is 2.15 bits per heavy atom. The van der Waals surface area contributed by atoms with Gasteiger partial charge in [0.25, 0.3) is 0 Å². The van der Waals surface area contributed by atoms with Gasteiger partial charge in [0.1, 0.15) is 11.5 Å². The lowest BCUT2D eigenvalue weighted by Gasteiger charge is -1.98. The highest BCUT2D eigenvalue weighted by Gasteiger charge is 2.21. The molecule has 0 aliphatic heterocycles. The first-order chi connectivity index (χ1) is 9.56. The Morgan fingerprint density at radius 3 is 2.75 bits per heavy atom. The number of hydrogen-bond acceptors (Lipinski definition) is 5. The number of halogens is 1. The molecule has 0 saturated carbocycles. The molecule has 106 valence electrons. The summed E-state index contributed by atoms with van der Waals surface area (Å²) in [6.07, 6.45) is 0. The second kappa shape index (κ2) is 5.83. The first-order valence-corrected chi connectivity index (χ1v) is 5.90. The van der Waals surface area contributed by atoms with Gasteiger partial charge in [-0.3, -0.25) is 0 Å². The van der Waals surface area contributed by atoms with Crippen LogP contribution in [0.1, 0.15) is 21.8 Å². The van der Waals surface area contributed by atoms with Gasteiger partial charge in [-0.25, -0.2) is 14.2 Å². The van der Waals surface area contributed by atoms with Crippen LogP contribution in [0.5, 0.6) is 0 Å². The average Bonchev–Trinajstić information content (AvgIpc) is 2.85. The summed E-state index contributed by atoms with van der Waals surface area (Å²) < 4.78 is 28.5. The molecule has 1 heterocycles. The lowest BCUT2D eigenvalue weighted by Crippen LogP contribution is -2.04. The number of aromatic nitrogens is 1. The van der Waals surface area contributed by atoms with E-state index < -0.39 is 5.97 Å². The highest BCUT2D eigenvalue weighted by Crippen LogP contribution is 2.24. The first-order valence-electron chi connectivity index (χ1n) is 5.90. The van der Waals surface area contributed by atoms with Crippen molar-refractivity contribution in [2.24, 2.45) is 0 Å². The van der Waals surface area contributed by atoms with Crippen molar-refractivity contribution >= 4 is 5.97 Å². The summed E-state index contributed by atoms with van der Waals surface area (Å²) in [7, 11) is 2.72. The van der Waals surface area contributed by atoms with Crippen LogP contribution < -0.4 is 0 Å². The third-order valence-electron chi connectivity index (χ3n) is 2.77. The molecule has 5 nitrogen and oxygen atoms in total. The molecule has 20 heavy (non-hydrogen) atoms. The maximum Gasteiger partial charge on any atom is 0.376 e. The SMILES string of the molecule is COCc1nc(-c2ccc(C)c(F)c2)oc1C(=O)OC. The number of aryl methyl sites for hydroxylation is 1. The van der Waals surface area contributed by atoms with Gasteiger partial charge in [-0.15, -0.1) is 0 Å². The predicted octanol–water partition coefficient (Wildman–Crippen LogP) is 2.72. The number of oxazole rings is 1. The van der Waals surface area contributed by atoms with Crippen LogP contribution in [0.4, 0.5) is 4.39 Å². The van der Waals surface area contributed by atoms with Crippen molar-refractivity contribution in [2.45, 2.75) is 13.5 Å². The fourth-order valence-corrected chi connectivity index (χ4v) is 1.69. The lowest BCUT2D eigenvalue weighted by molar-refractivity contribution is 0.0559. The van der Waals surface area contributed by atoms with Gasteiger partial charge in [0.15, 0.2) is 0 Å². The Bertz CT molecular complexity index is 636. The van der Waals surface area contributed by atoms with Crippen molar-refractivity contribution in [2.75, 3.05) is 14.2 Å². The minimum Gasteiger partial charge on any atom is -0.463 e. The van der Waals surface area contributed by atoms with Crippen molar-refractivity contribution in [1.29, 1.82) is 0 Å². The third-order valence-corrected chi connectivity index (χ3v) is 2.77. The molecule has 1 aromatic carbocycles. The van der Waals surface area contributed by atoms with Gasteiger partial charge in [0, 0.05) is 12.7 Å². The van der Waals surface area contributed by atoms with Crippen LogP contribution in [0.3, 0.4) is 0 Å². The Kier molecular flexibility index (Phi) is 4.14. The van der Waals surface area contributed by atoms with Gasteiger partial charge in [-0.1, -0.05) is 6.07 Å². The molecule has 1 aromatic heterocycles. The molecule has 6 heteroatoms. The maximum atomic E-state index is 13.6. The van der Waals surface area contributed by atoms with E-state index in [-0.39, 0.29) is 24.1 Å². The number of ether oxygens (including phenoxy) is 2. The number of rotatable bonds is 4. The van der Waals surface area contributed by atoms with Gasteiger partial charge >= 0.3 is 5.97 Å². The van der Waals surface area contributed by atoms with Crippen LogP contribution >= 0.6 is 0 Å². The molecule has 0 aliphatic rings. The minimum absolute atomic E-state index is 0.0367. The van der Waals surface area contributed by atoms with Crippen molar-refractivity contribution < 1.29 is 23.1 Å². The summed E-state index contributed by atoms with van der Waals surface area (Å²) in [6.45, 7) is 1.76. The van der Waals surface area contributed by atoms with Gasteiger partial charge in [0.2, 0.25) is 11.7 Å². The fraction of sp³-hybridized carbons (Fsp3) is 0.286. The zero-order valence-corrected chi connectivity index (χ0v) is 11.4. The zero-order chi connectivity index (χ0) is 14.7. The molecule has 2 aromatic rings. The largest absolute Gasteiger partial charge is 0.463 e. The molecule has 0 atom stereocenters. The average molecular weight is 279 g/mol. The quantitative estimate of drug-likeness (QED) is 0.805. The van der Waals surface area contributed by atoms with E-state index in [2.05, 4.69) is 9.72 Å². The van der Waals surface area contributed by atoms with E-state index in [0.717, 1.165) is 0 Å². The van der Waals surface area contributed by atoms with Crippen LogP contribution in [0.15, 0.2) is 22.6 Å². The summed E-state index contributed by atoms with van der Waals surface area (Å²) in [4.78, 5) is 15.7. The van der Waals surface area contributed by atoms with E-state index in [0.29, 0.717) is 16.8 Å². The third kappa shape index (κ3) is 2.70. The van der Waals surface area contributed by atoms with Crippen LogP contribution in [0, 0.1) is 12.7 Å². The van der Waals surface area contributed by atoms with Gasteiger partial charge < -0.3 is 13.9 Å². The molecule has 0 saturated heterocycles. The molecule has 0 N–H and O–H groups in total. The number of nitrogens with zero attached hydrogens (tertiary/aromatic N) is 1. The molecule has 0 aliphatic carbocycles. The molecular weight excluding hydrogens is 265 g/mol. The first kappa shape index (κ1) is 14.2. The standard InChI is InChI=1S/C14H14FNO4/c1-8-4-5-9(6-10(8)15)13-16-11(7-18-2)12(20-13)14(17)19-3/h4-6H,7H2,1-3H3. The van der Waals surface area contributed by atoms with E-state index in [4.69, 9.17) is 9.15 Å². The normalized spacial score (nSPS) is 10.6. The number of hydrogen-bond donors (Lipinski definition) is 0. The van der Waals surface area contributed by atoms with Gasteiger partial charge in [-0.2, -0.15) is 0 Å². The fourth-order valence-electron chi connectivity index (χ4n) is 1.69. The molecule has 0 fully saturated rings. The number of esters is 1. The molecule has 2 rings (SSSR count).